The molecule has 0 aromatic carbocycles. The second-order valence-corrected chi connectivity index (χ2v) is 6.77. The molecule has 0 radical (unpaired) electrons. The Morgan fingerprint density at radius 1 is 1.44 bits per heavy atom. The molecule has 106 valence electrons. The van der Waals surface area contributed by atoms with Gasteiger partial charge in [0.05, 0.1) is 5.41 Å². The van der Waals surface area contributed by atoms with Crippen LogP contribution < -0.4 is 5.32 Å². The van der Waals surface area contributed by atoms with Crippen LogP contribution in [0.4, 0.5) is 0 Å². The molecule has 1 N–H and O–H groups in total. The van der Waals surface area contributed by atoms with E-state index >= 15 is 0 Å². The van der Waals surface area contributed by atoms with E-state index in [0.717, 1.165) is 31.7 Å². The Hall–Kier alpha value is -0.220. The number of amides is 1. The van der Waals surface area contributed by atoms with E-state index in [1.807, 2.05) is 23.7 Å². The summed E-state index contributed by atoms with van der Waals surface area (Å²) < 4.78 is 0. The number of carbonyl (C=O) groups is 1. The van der Waals surface area contributed by atoms with Crippen molar-refractivity contribution in [2.24, 2.45) is 11.3 Å². The van der Waals surface area contributed by atoms with E-state index in [0.29, 0.717) is 17.9 Å². The van der Waals surface area contributed by atoms with Crippen LogP contribution >= 0.6 is 11.8 Å². The lowest BCUT2D eigenvalue weighted by Crippen LogP contribution is -2.49. The van der Waals surface area contributed by atoms with E-state index < -0.39 is 0 Å². The predicted octanol–water partition coefficient (Wildman–Crippen LogP) is 2.22. The Morgan fingerprint density at radius 2 is 2.11 bits per heavy atom. The number of thioether (sulfide) groups is 1. The first kappa shape index (κ1) is 15.8. The van der Waals surface area contributed by atoms with Gasteiger partial charge in [0, 0.05) is 19.6 Å². The standard InChI is InChI=1S/C14H28N2OS/c1-11(2)14(7-8-15-10-14)13(17)16(4)12(3)6-9-18-5/h11-12,15H,6-10H2,1-5H3. The van der Waals surface area contributed by atoms with Crippen molar-refractivity contribution in [1.29, 1.82) is 0 Å². The molecule has 3 nitrogen and oxygen atoms in total. The van der Waals surface area contributed by atoms with Gasteiger partial charge in [-0.25, -0.2) is 0 Å². The summed E-state index contributed by atoms with van der Waals surface area (Å²) in [5.74, 6) is 1.84. The first-order valence-corrected chi connectivity index (χ1v) is 8.32. The van der Waals surface area contributed by atoms with Crippen LogP contribution in [0, 0.1) is 11.3 Å². The zero-order valence-electron chi connectivity index (χ0n) is 12.5. The molecule has 0 saturated carbocycles. The average Bonchev–Trinajstić information content (AvgIpc) is 2.84. The number of nitrogens with zero attached hydrogens (tertiary/aromatic N) is 1. The normalized spacial score (nSPS) is 25.4. The largest absolute Gasteiger partial charge is 0.342 e. The highest BCUT2D eigenvalue weighted by Crippen LogP contribution is 2.36. The van der Waals surface area contributed by atoms with Crippen molar-refractivity contribution in [1.82, 2.24) is 10.2 Å². The fraction of sp³-hybridized carbons (Fsp3) is 0.929. The lowest BCUT2D eigenvalue weighted by atomic mass is 9.75. The van der Waals surface area contributed by atoms with Gasteiger partial charge in [-0.3, -0.25) is 4.79 Å². The van der Waals surface area contributed by atoms with Crippen LogP contribution in [-0.4, -0.2) is 49.0 Å². The van der Waals surface area contributed by atoms with E-state index in [1.165, 1.54) is 0 Å². The van der Waals surface area contributed by atoms with Crippen LogP contribution in [0.3, 0.4) is 0 Å². The lowest BCUT2D eigenvalue weighted by Gasteiger charge is -2.37. The quantitative estimate of drug-likeness (QED) is 0.805. The van der Waals surface area contributed by atoms with Gasteiger partial charge in [0.2, 0.25) is 5.91 Å². The van der Waals surface area contributed by atoms with Crippen LogP contribution in [-0.2, 0) is 4.79 Å². The molecule has 18 heavy (non-hydrogen) atoms. The van der Waals surface area contributed by atoms with Gasteiger partial charge in [-0.15, -0.1) is 0 Å². The second kappa shape index (κ2) is 6.80. The molecule has 0 aromatic heterocycles. The Labute approximate surface area is 116 Å². The summed E-state index contributed by atoms with van der Waals surface area (Å²) in [7, 11) is 1.97. The molecule has 0 aromatic rings. The zero-order valence-corrected chi connectivity index (χ0v) is 13.3. The van der Waals surface area contributed by atoms with Crippen LogP contribution in [0.15, 0.2) is 0 Å². The molecule has 1 aliphatic heterocycles. The van der Waals surface area contributed by atoms with Crippen LogP contribution in [0.1, 0.15) is 33.6 Å². The molecule has 0 aliphatic carbocycles. The third-order valence-corrected chi connectivity index (χ3v) is 5.08. The highest BCUT2D eigenvalue weighted by atomic mass is 32.2. The Morgan fingerprint density at radius 3 is 2.56 bits per heavy atom. The van der Waals surface area contributed by atoms with Gasteiger partial charge in [-0.05, 0) is 44.2 Å². The maximum Gasteiger partial charge on any atom is 0.230 e. The molecule has 2 atom stereocenters. The summed E-state index contributed by atoms with van der Waals surface area (Å²) in [6.07, 6.45) is 4.17. The Kier molecular flexibility index (Phi) is 5.99. The highest BCUT2D eigenvalue weighted by molar-refractivity contribution is 7.98. The molecular weight excluding hydrogens is 244 g/mol. The van der Waals surface area contributed by atoms with E-state index in [1.54, 1.807) is 0 Å². The van der Waals surface area contributed by atoms with Crippen molar-refractivity contribution in [3.05, 3.63) is 0 Å². The lowest BCUT2D eigenvalue weighted by molar-refractivity contribution is -0.144. The van der Waals surface area contributed by atoms with E-state index in [2.05, 4.69) is 32.3 Å². The molecule has 2 unspecified atom stereocenters. The van der Waals surface area contributed by atoms with E-state index in [4.69, 9.17) is 0 Å². The first-order chi connectivity index (χ1) is 8.45. The van der Waals surface area contributed by atoms with Gasteiger partial charge in [-0.1, -0.05) is 13.8 Å². The average molecular weight is 272 g/mol. The van der Waals surface area contributed by atoms with Gasteiger partial charge < -0.3 is 10.2 Å². The predicted molar refractivity (Wildman–Crippen MR) is 80.0 cm³/mol. The Balaban J connectivity index is 2.71. The van der Waals surface area contributed by atoms with Crippen LogP contribution in [0.5, 0.6) is 0 Å². The molecule has 0 bridgehead atoms. The van der Waals surface area contributed by atoms with E-state index in [-0.39, 0.29) is 5.41 Å². The van der Waals surface area contributed by atoms with Crippen molar-refractivity contribution >= 4 is 17.7 Å². The molecule has 1 aliphatic rings. The van der Waals surface area contributed by atoms with Crippen molar-refractivity contribution < 1.29 is 4.79 Å². The van der Waals surface area contributed by atoms with Crippen LogP contribution in [0.2, 0.25) is 0 Å². The summed E-state index contributed by atoms with van der Waals surface area (Å²) >= 11 is 1.85. The maximum absolute atomic E-state index is 12.8. The monoisotopic (exact) mass is 272 g/mol. The molecule has 1 saturated heterocycles. The van der Waals surface area contributed by atoms with Crippen molar-refractivity contribution in [2.45, 2.75) is 39.7 Å². The van der Waals surface area contributed by atoms with Gasteiger partial charge in [-0.2, -0.15) is 11.8 Å². The smallest absolute Gasteiger partial charge is 0.230 e. The number of nitrogens with one attached hydrogen (secondary N) is 1. The fourth-order valence-electron chi connectivity index (χ4n) is 2.67. The van der Waals surface area contributed by atoms with Gasteiger partial charge >= 0.3 is 0 Å². The van der Waals surface area contributed by atoms with Crippen molar-refractivity contribution in [2.75, 3.05) is 32.1 Å². The molecule has 1 amide bonds. The number of rotatable bonds is 6. The van der Waals surface area contributed by atoms with Crippen molar-refractivity contribution in [3.8, 4) is 0 Å². The minimum absolute atomic E-state index is 0.178. The summed E-state index contributed by atoms with van der Waals surface area (Å²) in [4.78, 5) is 14.8. The number of carbonyl (C=O) groups excluding carboxylic acids is 1. The summed E-state index contributed by atoms with van der Waals surface area (Å²) in [5.41, 5.74) is -0.178. The summed E-state index contributed by atoms with van der Waals surface area (Å²) in [6.45, 7) is 8.31. The van der Waals surface area contributed by atoms with Gasteiger partial charge in [0.25, 0.3) is 0 Å². The number of hydrogen-bond acceptors (Lipinski definition) is 3. The van der Waals surface area contributed by atoms with Gasteiger partial charge in [0.15, 0.2) is 0 Å². The fourth-order valence-corrected chi connectivity index (χ4v) is 3.24. The van der Waals surface area contributed by atoms with E-state index in [9.17, 15) is 4.79 Å². The van der Waals surface area contributed by atoms with Crippen LogP contribution in [0.25, 0.3) is 0 Å². The summed E-state index contributed by atoms with van der Waals surface area (Å²) in [6, 6.07) is 0.334. The van der Waals surface area contributed by atoms with Gasteiger partial charge in [0.1, 0.15) is 0 Å². The molecule has 1 rings (SSSR count). The molecule has 4 heteroatoms. The topological polar surface area (TPSA) is 32.3 Å². The Bertz CT molecular complexity index is 275. The maximum atomic E-state index is 12.8. The number of hydrogen-bond donors (Lipinski definition) is 1. The minimum atomic E-state index is -0.178. The zero-order chi connectivity index (χ0) is 13.8. The third-order valence-electron chi connectivity index (χ3n) is 4.44. The molecular formula is C14H28N2OS. The molecule has 0 spiro atoms. The minimum Gasteiger partial charge on any atom is -0.342 e. The molecule has 1 fully saturated rings. The SMILES string of the molecule is CSCCC(C)N(C)C(=O)C1(C(C)C)CCNC1. The van der Waals surface area contributed by atoms with Crippen molar-refractivity contribution in [3.63, 3.8) is 0 Å². The second-order valence-electron chi connectivity index (χ2n) is 5.78. The highest BCUT2D eigenvalue weighted by Gasteiger charge is 2.45. The molecule has 1 heterocycles. The third kappa shape index (κ3) is 3.21. The first-order valence-electron chi connectivity index (χ1n) is 6.92. The summed E-state index contributed by atoms with van der Waals surface area (Å²) in [5, 5.41) is 3.36.